The third-order valence-corrected chi connectivity index (χ3v) is 5.23. The maximum atomic E-state index is 13.3. The summed E-state index contributed by atoms with van der Waals surface area (Å²) < 4.78 is 8.17. The molecule has 0 radical (unpaired) electrons. The van der Waals surface area contributed by atoms with Crippen molar-refractivity contribution in [3.05, 3.63) is 68.7 Å². The minimum Gasteiger partial charge on any atom is -0.451 e. The van der Waals surface area contributed by atoms with Crippen molar-refractivity contribution in [3.63, 3.8) is 0 Å². The summed E-state index contributed by atoms with van der Waals surface area (Å²) in [4.78, 5) is 39.5. The zero-order valence-corrected chi connectivity index (χ0v) is 15.8. The van der Waals surface area contributed by atoms with E-state index in [1.807, 2.05) is 24.3 Å². The van der Waals surface area contributed by atoms with Gasteiger partial charge >= 0.3 is 5.69 Å². The fraction of sp³-hybridized carbons (Fsp3) is 0.350. The number of nitrogens with zero attached hydrogens (tertiary/aromatic N) is 3. The molecule has 3 heterocycles. The number of benzene rings is 1. The topological polar surface area (TPSA) is 89.5 Å². The minimum atomic E-state index is -0.397. The molecule has 3 aromatic rings. The third kappa shape index (κ3) is 3.16. The highest BCUT2D eigenvalue weighted by Gasteiger charge is 2.30. The largest absolute Gasteiger partial charge is 0.451 e. The van der Waals surface area contributed by atoms with Crippen LogP contribution in [0.4, 0.5) is 0 Å². The number of aryl methyl sites for hydroxylation is 1. The summed E-state index contributed by atoms with van der Waals surface area (Å²) in [6.07, 6.45) is 2.30. The Labute approximate surface area is 161 Å². The number of hydrogen-bond acceptors (Lipinski definition) is 5. The molecule has 1 atom stereocenters. The Balaban J connectivity index is 1.73. The SMILES string of the molecule is Cn1cc(CN(C(=O)c2cc3ccccc3o2)C2CCNC2)c(=O)n(C)c1=O. The first-order chi connectivity index (χ1) is 13.5. The fourth-order valence-electron chi connectivity index (χ4n) is 3.68. The van der Waals surface area contributed by atoms with Gasteiger partial charge in [-0.2, -0.15) is 0 Å². The molecule has 8 nitrogen and oxygen atoms in total. The van der Waals surface area contributed by atoms with Crippen molar-refractivity contribution in [3.8, 4) is 0 Å². The van der Waals surface area contributed by atoms with Crippen LogP contribution in [-0.4, -0.2) is 39.1 Å². The molecule has 2 aromatic heterocycles. The molecule has 1 N–H and O–H groups in total. The summed E-state index contributed by atoms with van der Waals surface area (Å²) in [5, 5.41) is 4.11. The second-order valence-electron chi connectivity index (χ2n) is 7.14. The molecular weight excluding hydrogens is 360 g/mol. The normalized spacial score (nSPS) is 16.6. The quantitative estimate of drug-likeness (QED) is 0.722. The van der Waals surface area contributed by atoms with E-state index < -0.39 is 11.2 Å². The Bertz CT molecular complexity index is 1120. The summed E-state index contributed by atoms with van der Waals surface area (Å²) in [7, 11) is 3.03. The van der Waals surface area contributed by atoms with Crippen molar-refractivity contribution >= 4 is 16.9 Å². The molecule has 0 saturated carbocycles. The van der Waals surface area contributed by atoms with Crippen LogP contribution in [0.2, 0.25) is 0 Å². The van der Waals surface area contributed by atoms with Crippen LogP contribution in [0.25, 0.3) is 11.0 Å². The molecule has 0 aliphatic carbocycles. The van der Waals surface area contributed by atoms with E-state index >= 15 is 0 Å². The number of aromatic nitrogens is 2. The first-order valence-electron chi connectivity index (χ1n) is 9.21. The van der Waals surface area contributed by atoms with Crippen LogP contribution >= 0.6 is 0 Å². The molecular formula is C20H22N4O4. The van der Waals surface area contributed by atoms with Crippen LogP contribution in [0.3, 0.4) is 0 Å². The lowest BCUT2D eigenvalue weighted by Crippen LogP contribution is -2.44. The van der Waals surface area contributed by atoms with Gasteiger partial charge in [-0.15, -0.1) is 0 Å². The van der Waals surface area contributed by atoms with E-state index in [-0.39, 0.29) is 24.3 Å². The highest BCUT2D eigenvalue weighted by atomic mass is 16.3. The van der Waals surface area contributed by atoms with Gasteiger partial charge in [0.1, 0.15) is 5.58 Å². The Morgan fingerprint density at radius 1 is 1.29 bits per heavy atom. The number of para-hydroxylation sites is 1. The van der Waals surface area contributed by atoms with E-state index in [0.29, 0.717) is 17.7 Å². The predicted octanol–water partition coefficient (Wildman–Crippen LogP) is 0.835. The molecule has 1 fully saturated rings. The second kappa shape index (κ2) is 7.12. The highest BCUT2D eigenvalue weighted by Crippen LogP contribution is 2.22. The molecule has 4 rings (SSSR count). The lowest BCUT2D eigenvalue weighted by atomic mass is 10.1. The van der Waals surface area contributed by atoms with Crippen molar-refractivity contribution in [1.82, 2.24) is 19.4 Å². The summed E-state index contributed by atoms with van der Waals surface area (Å²) in [6.45, 7) is 1.57. The van der Waals surface area contributed by atoms with Crippen LogP contribution in [0.1, 0.15) is 22.5 Å². The van der Waals surface area contributed by atoms with Crippen LogP contribution in [0.5, 0.6) is 0 Å². The van der Waals surface area contributed by atoms with Crippen molar-refractivity contribution in [2.24, 2.45) is 14.1 Å². The van der Waals surface area contributed by atoms with Crippen LogP contribution in [-0.2, 0) is 20.6 Å². The minimum absolute atomic E-state index is 0.0531. The molecule has 8 heteroatoms. The number of carbonyl (C=O) groups excluding carboxylic acids is 1. The summed E-state index contributed by atoms with van der Waals surface area (Å²) in [6, 6.07) is 9.12. The van der Waals surface area contributed by atoms with Gasteiger partial charge in [-0.25, -0.2) is 4.79 Å². The first kappa shape index (κ1) is 18.2. The van der Waals surface area contributed by atoms with Gasteiger partial charge in [-0.05, 0) is 25.1 Å². The monoisotopic (exact) mass is 382 g/mol. The van der Waals surface area contributed by atoms with Crippen molar-refractivity contribution in [2.75, 3.05) is 13.1 Å². The standard InChI is InChI=1S/C20H22N4O4/c1-22-11-14(18(25)23(2)20(22)27)12-24(15-7-8-21-10-15)19(26)17-9-13-5-3-4-6-16(13)28-17/h3-6,9,11,15,21H,7-8,10,12H2,1-2H3. The number of hydrogen-bond donors (Lipinski definition) is 1. The number of nitrogens with one attached hydrogen (secondary N) is 1. The van der Waals surface area contributed by atoms with Crippen molar-refractivity contribution in [1.29, 1.82) is 0 Å². The van der Waals surface area contributed by atoms with Gasteiger partial charge in [0.25, 0.3) is 11.5 Å². The molecule has 1 aromatic carbocycles. The van der Waals surface area contributed by atoms with Gasteiger partial charge in [-0.3, -0.25) is 14.2 Å². The number of amides is 1. The smallest absolute Gasteiger partial charge is 0.330 e. The Morgan fingerprint density at radius 2 is 2.07 bits per heavy atom. The second-order valence-corrected chi connectivity index (χ2v) is 7.14. The van der Waals surface area contributed by atoms with E-state index in [1.54, 1.807) is 18.0 Å². The summed E-state index contributed by atoms with van der Waals surface area (Å²) in [5.74, 6) is -0.0180. The Morgan fingerprint density at radius 3 is 2.79 bits per heavy atom. The molecule has 28 heavy (non-hydrogen) atoms. The summed E-state index contributed by atoms with van der Waals surface area (Å²) >= 11 is 0. The number of carbonyl (C=O) groups is 1. The lowest BCUT2D eigenvalue weighted by molar-refractivity contribution is 0.0644. The molecule has 0 spiro atoms. The van der Waals surface area contributed by atoms with E-state index in [4.69, 9.17) is 4.42 Å². The fourth-order valence-corrected chi connectivity index (χ4v) is 3.68. The van der Waals surface area contributed by atoms with Crippen molar-refractivity contribution in [2.45, 2.75) is 19.0 Å². The van der Waals surface area contributed by atoms with Gasteiger partial charge in [-0.1, -0.05) is 18.2 Å². The van der Waals surface area contributed by atoms with Gasteiger partial charge in [0, 0.05) is 38.3 Å². The number of rotatable bonds is 4. The molecule has 0 bridgehead atoms. The maximum Gasteiger partial charge on any atom is 0.330 e. The van der Waals surface area contributed by atoms with Crippen LogP contribution in [0, 0.1) is 0 Å². The first-order valence-corrected chi connectivity index (χ1v) is 9.21. The van der Waals surface area contributed by atoms with E-state index in [2.05, 4.69) is 5.32 Å². The predicted molar refractivity (Wildman–Crippen MR) is 104 cm³/mol. The Kier molecular flexibility index (Phi) is 4.64. The molecule has 1 amide bonds. The van der Waals surface area contributed by atoms with Gasteiger partial charge in [0.2, 0.25) is 0 Å². The summed E-state index contributed by atoms with van der Waals surface area (Å²) in [5.41, 5.74) is 0.247. The Hall–Kier alpha value is -3.13. The van der Waals surface area contributed by atoms with E-state index in [1.165, 1.54) is 17.8 Å². The molecule has 1 aliphatic rings. The average Bonchev–Trinajstić information content (AvgIpc) is 3.37. The highest BCUT2D eigenvalue weighted by molar-refractivity contribution is 5.96. The third-order valence-electron chi connectivity index (χ3n) is 5.23. The zero-order chi connectivity index (χ0) is 19.8. The maximum absolute atomic E-state index is 13.3. The molecule has 1 aliphatic heterocycles. The van der Waals surface area contributed by atoms with Gasteiger partial charge in [0.15, 0.2) is 5.76 Å². The van der Waals surface area contributed by atoms with Crippen LogP contribution < -0.4 is 16.6 Å². The van der Waals surface area contributed by atoms with Gasteiger partial charge in [0.05, 0.1) is 12.1 Å². The van der Waals surface area contributed by atoms with Crippen molar-refractivity contribution < 1.29 is 9.21 Å². The lowest BCUT2D eigenvalue weighted by Gasteiger charge is -2.27. The average molecular weight is 382 g/mol. The molecule has 1 saturated heterocycles. The van der Waals surface area contributed by atoms with E-state index in [0.717, 1.165) is 22.9 Å². The zero-order valence-electron chi connectivity index (χ0n) is 15.8. The number of fused-ring (bicyclic) bond motifs is 1. The molecule has 1 unspecified atom stereocenters. The van der Waals surface area contributed by atoms with Crippen LogP contribution in [0.15, 0.2) is 50.5 Å². The molecule has 146 valence electrons. The van der Waals surface area contributed by atoms with E-state index in [9.17, 15) is 14.4 Å². The number of furan rings is 1. The van der Waals surface area contributed by atoms with Gasteiger partial charge < -0.3 is 19.2 Å².